The molecule has 5 heteroatoms. The van der Waals surface area contributed by atoms with Crippen LogP contribution in [0.4, 0.5) is 0 Å². The van der Waals surface area contributed by atoms with Crippen LogP contribution in [0.3, 0.4) is 0 Å². The summed E-state index contributed by atoms with van der Waals surface area (Å²) in [7, 11) is 0. The van der Waals surface area contributed by atoms with Gasteiger partial charge in [0, 0.05) is 40.1 Å². The lowest BCUT2D eigenvalue weighted by molar-refractivity contribution is -0.0336. The molecule has 0 bridgehead atoms. The number of allylic oxidation sites excluding steroid dienone is 4. The summed E-state index contributed by atoms with van der Waals surface area (Å²) in [4.78, 5) is 6.43. The van der Waals surface area contributed by atoms with E-state index in [0.717, 1.165) is 52.8 Å². The SMILES string of the molecule is C=Nn1cc(C2=CCCC=C2)cc(-c2ccccc2)c1=NCc1ccc(-c2c3ccccc3c(SCC(C)(CC)C(C)(C)O)c3ccccc23)cc1. The summed E-state index contributed by atoms with van der Waals surface area (Å²) < 4.78 is 1.82. The molecule has 1 heterocycles. The number of aliphatic hydroxyl groups is 1. The third kappa shape index (κ3) is 6.96. The van der Waals surface area contributed by atoms with E-state index in [-0.39, 0.29) is 5.41 Å². The molecule has 1 aliphatic carbocycles. The summed E-state index contributed by atoms with van der Waals surface area (Å²) in [6.07, 6.45) is 11.7. The maximum Gasteiger partial charge on any atom is 0.156 e. The van der Waals surface area contributed by atoms with Gasteiger partial charge in [-0.2, -0.15) is 5.10 Å². The predicted molar refractivity (Wildman–Crippen MR) is 223 cm³/mol. The highest BCUT2D eigenvalue weighted by molar-refractivity contribution is 7.99. The van der Waals surface area contributed by atoms with E-state index in [1.54, 1.807) is 0 Å². The second kappa shape index (κ2) is 14.9. The quantitative estimate of drug-likeness (QED) is 0.0830. The molecule has 0 amide bonds. The first-order valence-corrected chi connectivity index (χ1v) is 19.2. The number of rotatable bonds is 11. The Balaban J connectivity index is 1.27. The van der Waals surface area contributed by atoms with Crippen molar-refractivity contribution in [3.05, 3.63) is 150 Å². The van der Waals surface area contributed by atoms with Crippen molar-refractivity contribution in [1.29, 1.82) is 0 Å². The van der Waals surface area contributed by atoms with Gasteiger partial charge in [-0.05, 0) is 88.5 Å². The van der Waals surface area contributed by atoms with Gasteiger partial charge in [0.1, 0.15) is 0 Å². The molecule has 0 radical (unpaired) electrons. The number of hydrogen-bond acceptors (Lipinski definition) is 4. The van der Waals surface area contributed by atoms with E-state index >= 15 is 0 Å². The molecule has 1 aliphatic rings. The zero-order chi connectivity index (χ0) is 36.3. The zero-order valence-electron chi connectivity index (χ0n) is 30.6. The second-order valence-electron chi connectivity index (χ2n) is 14.5. The van der Waals surface area contributed by atoms with E-state index < -0.39 is 5.60 Å². The highest BCUT2D eigenvalue weighted by atomic mass is 32.2. The van der Waals surface area contributed by atoms with E-state index in [1.807, 2.05) is 42.5 Å². The normalized spacial score (nSPS) is 14.8. The van der Waals surface area contributed by atoms with E-state index in [1.165, 1.54) is 43.1 Å². The number of nitrogens with zero attached hydrogens (tertiary/aromatic N) is 3. The molecule has 4 nitrogen and oxygen atoms in total. The standard InChI is InChI=1S/C47H47N3OS/c1-6-47(4,46(2,3)51)32-52-44-40-23-15-13-21-38(40)43(39-22-14-16-24-41(39)44)36-27-25-33(26-28-36)30-49-45-42(35-19-11-8-12-20-35)29-37(31-50(45)48-5)34-17-9-7-10-18-34/h8-9,11-29,31,51H,5-7,10,30,32H2,1-4H3. The van der Waals surface area contributed by atoms with Crippen LogP contribution in [0.2, 0.25) is 0 Å². The van der Waals surface area contributed by atoms with Gasteiger partial charge in [0.05, 0.1) is 12.1 Å². The minimum absolute atomic E-state index is 0.228. The number of benzene rings is 5. The van der Waals surface area contributed by atoms with Gasteiger partial charge >= 0.3 is 0 Å². The molecule has 0 fully saturated rings. The molecule has 1 unspecified atom stereocenters. The van der Waals surface area contributed by atoms with Gasteiger partial charge in [-0.25, -0.2) is 4.68 Å². The van der Waals surface area contributed by atoms with Crippen molar-refractivity contribution in [3.8, 4) is 22.3 Å². The molecule has 262 valence electrons. The third-order valence-corrected chi connectivity index (χ3v) is 12.4. The van der Waals surface area contributed by atoms with E-state index in [0.29, 0.717) is 6.54 Å². The Morgan fingerprint density at radius 3 is 1.98 bits per heavy atom. The average Bonchev–Trinajstić information content (AvgIpc) is 3.18. The van der Waals surface area contributed by atoms with Gasteiger partial charge in [0.2, 0.25) is 0 Å². The van der Waals surface area contributed by atoms with Crippen LogP contribution >= 0.6 is 11.8 Å². The van der Waals surface area contributed by atoms with Gasteiger partial charge < -0.3 is 5.11 Å². The second-order valence-corrected chi connectivity index (χ2v) is 15.5. The predicted octanol–water partition coefficient (Wildman–Crippen LogP) is 11.7. The van der Waals surface area contributed by atoms with E-state index in [2.05, 4.69) is 147 Å². The molecular weight excluding hydrogens is 655 g/mol. The lowest BCUT2D eigenvalue weighted by Gasteiger charge is -2.40. The van der Waals surface area contributed by atoms with Gasteiger partial charge in [-0.1, -0.05) is 135 Å². The van der Waals surface area contributed by atoms with Crippen LogP contribution in [0.1, 0.15) is 58.1 Å². The molecule has 6 aromatic rings. The Morgan fingerprint density at radius 2 is 1.40 bits per heavy atom. The molecule has 7 rings (SSSR count). The van der Waals surface area contributed by atoms with Crippen molar-refractivity contribution >= 4 is 45.6 Å². The van der Waals surface area contributed by atoms with Crippen LogP contribution < -0.4 is 5.49 Å². The molecule has 5 aromatic carbocycles. The van der Waals surface area contributed by atoms with E-state index in [4.69, 9.17) is 4.99 Å². The van der Waals surface area contributed by atoms with Crippen LogP contribution in [0, 0.1) is 5.41 Å². The summed E-state index contributed by atoms with van der Waals surface area (Å²) in [5.74, 6) is 0.823. The first-order chi connectivity index (χ1) is 25.2. The molecule has 1 atom stereocenters. The number of thioether (sulfide) groups is 1. The van der Waals surface area contributed by atoms with Crippen molar-refractivity contribution in [3.63, 3.8) is 0 Å². The summed E-state index contributed by atoms with van der Waals surface area (Å²) in [5.41, 5.74) is 7.72. The molecule has 52 heavy (non-hydrogen) atoms. The first kappa shape index (κ1) is 35.4. The zero-order valence-corrected chi connectivity index (χ0v) is 31.5. The summed E-state index contributed by atoms with van der Waals surface area (Å²) in [5, 5.41) is 20.4. The fourth-order valence-electron chi connectivity index (χ4n) is 7.10. The smallest absolute Gasteiger partial charge is 0.156 e. The summed E-state index contributed by atoms with van der Waals surface area (Å²) in [6.45, 7) is 12.7. The fraction of sp³-hybridized carbons (Fsp3) is 0.234. The van der Waals surface area contributed by atoms with Crippen LogP contribution in [0.15, 0.2) is 149 Å². The Labute approximate surface area is 312 Å². The molecule has 0 spiro atoms. The Hall–Kier alpha value is -4.97. The third-order valence-electron chi connectivity index (χ3n) is 10.9. The minimum atomic E-state index is -0.784. The van der Waals surface area contributed by atoms with Crippen LogP contribution in [0.25, 0.3) is 49.4 Å². The van der Waals surface area contributed by atoms with Gasteiger partial charge in [-0.15, -0.1) is 11.8 Å². The number of fused-ring (bicyclic) bond motifs is 2. The monoisotopic (exact) mass is 701 g/mol. The maximum atomic E-state index is 11.1. The molecule has 0 saturated carbocycles. The highest BCUT2D eigenvalue weighted by Crippen LogP contribution is 2.46. The van der Waals surface area contributed by atoms with Crippen LogP contribution in [0.5, 0.6) is 0 Å². The Morgan fingerprint density at radius 1 is 0.769 bits per heavy atom. The van der Waals surface area contributed by atoms with Crippen LogP contribution in [-0.2, 0) is 6.54 Å². The summed E-state index contributed by atoms with van der Waals surface area (Å²) >= 11 is 1.87. The Bertz CT molecular complexity index is 2320. The summed E-state index contributed by atoms with van der Waals surface area (Å²) in [6, 6.07) is 39.0. The van der Waals surface area contributed by atoms with Crippen molar-refractivity contribution in [2.45, 2.75) is 64.0 Å². The Kier molecular flexibility index (Phi) is 10.2. The largest absolute Gasteiger partial charge is 0.390 e. The molecule has 0 aliphatic heterocycles. The topological polar surface area (TPSA) is 49.9 Å². The van der Waals surface area contributed by atoms with Crippen molar-refractivity contribution in [2.75, 3.05) is 5.75 Å². The lowest BCUT2D eigenvalue weighted by atomic mass is 9.75. The molecule has 1 aromatic heterocycles. The van der Waals surface area contributed by atoms with Crippen molar-refractivity contribution < 1.29 is 5.11 Å². The lowest BCUT2D eigenvalue weighted by Crippen LogP contribution is -2.42. The van der Waals surface area contributed by atoms with E-state index in [9.17, 15) is 5.11 Å². The van der Waals surface area contributed by atoms with Gasteiger partial charge in [-0.3, -0.25) is 4.99 Å². The number of aromatic nitrogens is 1. The highest BCUT2D eigenvalue weighted by Gasteiger charge is 2.38. The first-order valence-electron chi connectivity index (χ1n) is 18.3. The number of hydrogen-bond donors (Lipinski definition) is 1. The van der Waals surface area contributed by atoms with Crippen molar-refractivity contribution in [1.82, 2.24) is 4.68 Å². The minimum Gasteiger partial charge on any atom is -0.390 e. The van der Waals surface area contributed by atoms with Gasteiger partial charge in [0.15, 0.2) is 5.49 Å². The van der Waals surface area contributed by atoms with Crippen LogP contribution in [-0.4, -0.2) is 27.9 Å². The maximum absolute atomic E-state index is 11.1. The number of pyridine rings is 1. The average molecular weight is 702 g/mol. The molecule has 1 N–H and O–H groups in total. The van der Waals surface area contributed by atoms with Gasteiger partial charge in [0.25, 0.3) is 0 Å². The molecule has 0 saturated heterocycles. The fourth-order valence-corrected chi connectivity index (χ4v) is 8.78. The van der Waals surface area contributed by atoms with Crippen molar-refractivity contribution in [2.24, 2.45) is 15.5 Å². The molecular formula is C47H47N3OS.